The number of aromatic hydroxyl groups is 1. The normalized spacial score (nSPS) is 22.4. The van der Waals surface area contributed by atoms with Gasteiger partial charge in [0.15, 0.2) is 5.60 Å². The molecule has 3 amide bonds. The Hall–Kier alpha value is -5.66. The van der Waals surface area contributed by atoms with Crippen LogP contribution in [0, 0.1) is 11.3 Å². The molecule has 68 heavy (non-hydrogen) atoms. The first-order valence-electron chi connectivity index (χ1n) is 23.2. The number of aromatic nitrogens is 2. The molecule has 5 atom stereocenters. The summed E-state index contributed by atoms with van der Waals surface area (Å²) in [4.78, 5) is 63.1. The predicted molar refractivity (Wildman–Crippen MR) is 257 cm³/mol. The van der Waals surface area contributed by atoms with Crippen LogP contribution in [0.5, 0.6) is 5.75 Å². The summed E-state index contributed by atoms with van der Waals surface area (Å²) in [6, 6.07) is 11.8. The number of carbonyl (C=O) groups excluding carboxylic acids is 4. The van der Waals surface area contributed by atoms with E-state index in [1.54, 1.807) is 33.2 Å². The van der Waals surface area contributed by atoms with Crippen LogP contribution in [-0.4, -0.2) is 130 Å². The quantitative estimate of drug-likeness (QED) is 0.149. The zero-order chi connectivity index (χ0) is 49.5. The highest BCUT2D eigenvalue weighted by Crippen LogP contribution is 2.42. The minimum absolute atomic E-state index is 0.0622. The SMILES string of the molecule is C=CS(=O)(=O)N1CCC(O)(C(=O)N(C)[C@H](C(=O)N[C@H]2Cc3cc(O)cc(c3)-c3ccc4c(c3)c(c(-c3cccnc3[C@H](C)OC)n4CC)CC(C)(C)COC(=O)[C@@H]3CCCN(N3)C2=O)C(C)C)C1. The standard InChI is InChI=1S/C50H65N7O10S/c1-10-56-41-17-16-33-26-37(41)38(44(56)36-14-12-19-51-42(36)31(5)66-9)27-49(6,7)29-67-47(61)39-15-13-20-57(53-39)46(60)40(24-32-22-34(33)25-35(58)23-32)52-45(59)43(30(3)4)54(8)48(62)50(63)18-21-55(28-50)68(64,65)11-2/h11-12,14,16-17,19,22-23,25-26,30-31,39-40,43,53,58,63H,2,10,13,15,18,20-21,24,27-29H2,1,3-9H3,(H,52,59)/t31-,39-,40-,43-,50?/m0/s1. The molecule has 2 saturated heterocycles. The van der Waals surface area contributed by atoms with E-state index in [0.717, 1.165) is 53.6 Å². The van der Waals surface area contributed by atoms with Crippen molar-refractivity contribution in [3.05, 3.63) is 83.5 Å². The van der Waals surface area contributed by atoms with Crippen molar-refractivity contribution in [2.45, 2.75) is 110 Å². The van der Waals surface area contributed by atoms with Gasteiger partial charge in [-0.25, -0.2) is 13.8 Å². The number of aryl methyl sites for hydroxylation is 1. The van der Waals surface area contributed by atoms with Crippen LogP contribution in [0.4, 0.5) is 0 Å². The van der Waals surface area contributed by atoms with Crippen LogP contribution in [-0.2, 0) is 58.1 Å². The molecule has 2 aromatic carbocycles. The maximum absolute atomic E-state index is 14.7. The second kappa shape index (κ2) is 19.7. The summed E-state index contributed by atoms with van der Waals surface area (Å²) in [5.41, 5.74) is 7.04. The van der Waals surface area contributed by atoms with Crippen molar-refractivity contribution in [2.24, 2.45) is 11.3 Å². The van der Waals surface area contributed by atoms with Gasteiger partial charge in [-0.05, 0) is 97.7 Å². The minimum atomic E-state index is -3.93. The molecule has 18 heteroatoms. The Morgan fingerprint density at radius 1 is 1.12 bits per heavy atom. The van der Waals surface area contributed by atoms with Gasteiger partial charge in [0.05, 0.1) is 30.6 Å². The smallest absolute Gasteiger partial charge is 0.324 e. The van der Waals surface area contributed by atoms with E-state index < -0.39 is 75.3 Å². The number of hydrogen-bond donors (Lipinski definition) is 4. The highest BCUT2D eigenvalue weighted by Gasteiger charge is 2.49. The molecular formula is C50H65N7O10S. The van der Waals surface area contributed by atoms with E-state index in [-0.39, 0.29) is 44.4 Å². The molecule has 2 aromatic heterocycles. The van der Waals surface area contributed by atoms with Crippen molar-refractivity contribution in [1.82, 2.24) is 34.5 Å². The van der Waals surface area contributed by atoms with Gasteiger partial charge >= 0.3 is 5.97 Å². The van der Waals surface area contributed by atoms with Gasteiger partial charge in [-0.3, -0.25) is 29.2 Å². The highest BCUT2D eigenvalue weighted by molar-refractivity contribution is 7.92. The Morgan fingerprint density at radius 2 is 1.87 bits per heavy atom. The maximum atomic E-state index is 14.7. The summed E-state index contributed by atoms with van der Waals surface area (Å²) in [6.07, 6.45) is 2.52. The largest absolute Gasteiger partial charge is 0.508 e. The molecule has 0 aliphatic carbocycles. The summed E-state index contributed by atoms with van der Waals surface area (Å²) in [5.74, 6) is -3.23. The number of carbonyl (C=O) groups is 4. The molecule has 3 aliphatic rings. The number of phenols is 1. The number of aliphatic hydroxyl groups is 1. The number of nitrogens with zero attached hydrogens (tertiary/aromatic N) is 5. The van der Waals surface area contributed by atoms with Crippen LogP contribution < -0.4 is 10.7 Å². The molecule has 7 rings (SSSR count). The summed E-state index contributed by atoms with van der Waals surface area (Å²) >= 11 is 0. The minimum Gasteiger partial charge on any atom is -0.508 e. The Kier molecular flexibility index (Phi) is 14.6. The van der Waals surface area contributed by atoms with E-state index in [0.29, 0.717) is 36.9 Å². The molecule has 4 aromatic rings. The second-order valence-corrected chi connectivity index (χ2v) is 21.3. The van der Waals surface area contributed by atoms with Crippen LogP contribution in [0.1, 0.15) is 83.7 Å². The number of ether oxygens (including phenoxy) is 2. The summed E-state index contributed by atoms with van der Waals surface area (Å²) in [5, 5.41) is 28.7. The topological polar surface area (TPSA) is 213 Å². The van der Waals surface area contributed by atoms with Gasteiger partial charge in [0.1, 0.15) is 23.9 Å². The van der Waals surface area contributed by atoms with Crippen molar-refractivity contribution in [3.8, 4) is 28.1 Å². The fourth-order valence-corrected chi connectivity index (χ4v) is 10.9. The lowest BCUT2D eigenvalue weighted by Crippen LogP contribution is -2.63. The van der Waals surface area contributed by atoms with Crippen molar-refractivity contribution >= 4 is 44.6 Å². The van der Waals surface area contributed by atoms with Crippen LogP contribution in [0.3, 0.4) is 0 Å². The molecule has 1 unspecified atom stereocenters. The van der Waals surface area contributed by atoms with E-state index in [1.165, 1.54) is 18.1 Å². The first kappa shape index (κ1) is 50.2. The number of benzene rings is 2. The first-order valence-corrected chi connectivity index (χ1v) is 24.8. The number of methoxy groups -OCH3 is 1. The van der Waals surface area contributed by atoms with Gasteiger partial charge in [-0.1, -0.05) is 46.4 Å². The third-order valence-corrected chi connectivity index (χ3v) is 15.0. The fraction of sp³-hybridized carbons (Fsp3) is 0.500. The van der Waals surface area contributed by atoms with Gasteiger partial charge in [-0.2, -0.15) is 4.31 Å². The van der Waals surface area contributed by atoms with Crippen molar-refractivity contribution in [2.75, 3.05) is 40.4 Å². The molecule has 17 nitrogen and oxygen atoms in total. The van der Waals surface area contributed by atoms with E-state index in [1.807, 2.05) is 39.0 Å². The lowest BCUT2D eigenvalue weighted by atomic mass is 9.84. The van der Waals surface area contributed by atoms with E-state index in [4.69, 9.17) is 14.5 Å². The molecule has 0 radical (unpaired) electrons. The molecular weight excluding hydrogens is 891 g/mol. The number of likely N-dealkylation sites (N-methyl/N-ethyl adjacent to an activating group) is 1. The number of esters is 1. The third-order valence-electron chi connectivity index (χ3n) is 13.5. The van der Waals surface area contributed by atoms with Crippen LogP contribution in [0.2, 0.25) is 0 Å². The highest BCUT2D eigenvalue weighted by atomic mass is 32.2. The van der Waals surface area contributed by atoms with Crippen molar-refractivity contribution in [3.63, 3.8) is 0 Å². The molecule has 6 bridgehead atoms. The lowest BCUT2D eigenvalue weighted by molar-refractivity contribution is -0.156. The Bertz CT molecular complexity index is 2720. The molecule has 0 saturated carbocycles. The maximum Gasteiger partial charge on any atom is 0.324 e. The number of phenolic OH excluding ortho intramolecular Hbond substituents is 1. The summed E-state index contributed by atoms with van der Waals surface area (Å²) in [6.45, 7) is 15.2. The molecule has 2 fully saturated rings. The number of hydrazine groups is 1. The van der Waals surface area contributed by atoms with Crippen LogP contribution in [0.25, 0.3) is 33.3 Å². The fourth-order valence-electron chi connectivity index (χ4n) is 9.96. The Balaban J connectivity index is 1.31. The Morgan fingerprint density at radius 3 is 2.56 bits per heavy atom. The average Bonchev–Trinajstić information content (AvgIpc) is 3.87. The predicted octanol–water partition coefficient (Wildman–Crippen LogP) is 4.84. The molecule has 3 aliphatic heterocycles. The number of amides is 3. The number of fused-ring (bicyclic) bond motifs is 6. The number of cyclic esters (lactones) is 1. The van der Waals surface area contributed by atoms with Gasteiger partial charge in [0, 0.05) is 80.1 Å². The number of hydrogen-bond acceptors (Lipinski definition) is 12. The number of pyridine rings is 1. The number of β-amino-alcohol motifs (C(OH)–C–C–N with tert-alkyl or cyclic N) is 1. The van der Waals surface area contributed by atoms with Gasteiger partial charge in [0.2, 0.25) is 15.9 Å². The van der Waals surface area contributed by atoms with E-state index >= 15 is 0 Å². The summed E-state index contributed by atoms with van der Waals surface area (Å²) in [7, 11) is -0.912. The first-order chi connectivity index (χ1) is 32.1. The zero-order valence-corrected chi connectivity index (χ0v) is 41.1. The van der Waals surface area contributed by atoms with E-state index in [2.05, 4.69) is 47.0 Å². The summed E-state index contributed by atoms with van der Waals surface area (Å²) < 4.78 is 40.2. The number of sulfonamides is 1. The monoisotopic (exact) mass is 955 g/mol. The molecule has 0 spiro atoms. The van der Waals surface area contributed by atoms with Crippen molar-refractivity contribution in [1.29, 1.82) is 0 Å². The van der Waals surface area contributed by atoms with Crippen LogP contribution in [0.15, 0.2) is 66.7 Å². The lowest BCUT2D eigenvalue weighted by Gasteiger charge is -2.37. The van der Waals surface area contributed by atoms with Crippen LogP contribution >= 0.6 is 0 Å². The van der Waals surface area contributed by atoms with Gasteiger partial charge in [-0.15, -0.1) is 0 Å². The number of rotatable bonds is 11. The second-order valence-electron chi connectivity index (χ2n) is 19.5. The zero-order valence-electron chi connectivity index (χ0n) is 40.2. The van der Waals surface area contributed by atoms with Gasteiger partial charge in [0.25, 0.3) is 11.8 Å². The average molecular weight is 956 g/mol. The molecule has 4 N–H and O–H groups in total. The third kappa shape index (κ3) is 10.1. The molecule has 5 heterocycles. The number of nitrogens with one attached hydrogen (secondary N) is 2. The van der Waals surface area contributed by atoms with E-state index in [9.17, 15) is 37.8 Å². The van der Waals surface area contributed by atoms with Gasteiger partial charge < -0.3 is 34.5 Å². The molecule has 366 valence electrons. The van der Waals surface area contributed by atoms with Crippen molar-refractivity contribution < 1.29 is 47.3 Å². The Labute approximate surface area is 398 Å².